The van der Waals surface area contributed by atoms with Crippen molar-refractivity contribution in [1.29, 1.82) is 5.26 Å². The second-order valence-electron chi connectivity index (χ2n) is 5.09. The highest BCUT2D eigenvalue weighted by molar-refractivity contribution is 5.94. The molecule has 0 saturated carbocycles. The van der Waals surface area contributed by atoms with Crippen molar-refractivity contribution in [3.8, 4) is 6.07 Å². The number of anilines is 1. The molecule has 4 heteroatoms. The van der Waals surface area contributed by atoms with Gasteiger partial charge in [-0.05, 0) is 51.4 Å². The van der Waals surface area contributed by atoms with Crippen LogP contribution in [0.1, 0.15) is 32.3 Å². The van der Waals surface area contributed by atoms with Crippen LogP contribution in [0.15, 0.2) is 24.3 Å². The van der Waals surface area contributed by atoms with E-state index in [1.165, 1.54) is 0 Å². The van der Waals surface area contributed by atoms with E-state index in [9.17, 15) is 4.79 Å². The summed E-state index contributed by atoms with van der Waals surface area (Å²) >= 11 is 0. The summed E-state index contributed by atoms with van der Waals surface area (Å²) < 4.78 is 0. The van der Waals surface area contributed by atoms with Gasteiger partial charge in [-0.1, -0.05) is 6.07 Å². The molecule has 1 aliphatic heterocycles. The molecule has 1 aromatic carbocycles. The minimum Gasteiger partial charge on any atom is -0.325 e. The summed E-state index contributed by atoms with van der Waals surface area (Å²) in [6, 6.07) is 9.39. The summed E-state index contributed by atoms with van der Waals surface area (Å²) in [6.45, 7) is 5.08. The highest BCUT2D eigenvalue weighted by atomic mass is 16.2. The monoisotopic (exact) mass is 257 g/mol. The van der Waals surface area contributed by atoms with E-state index >= 15 is 0 Å². The molecule has 1 aliphatic rings. The molecule has 0 bridgehead atoms. The van der Waals surface area contributed by atoms with E-state index in [4.69, 9.17) is 5.26 Å². The smallest absolute Gasteiger partial charge is 0.241 e. The first-order chi connectivity index (χ1) is 9.11. The summed E-state index contributed by atoms with van der Waals surface area (Å²) in [7, 11) is 0. The van der Waals surface area contributed by atoms with Crippen LogP contribution in [0.25, 0.3) is 0 Å². The van der Waals surface area contributed by atoms with Crippen LogP contribution in [-0.2, 0) is 4.79 Å². The zero-order chi connectivity index (χ0) is 13.8. The first-order valence-electron chi connectivity index (χ1n) is 6.68. The molecule has 0 aromatic heterocycles. The predicted molar refractivity (Wildman–Crippen MR) is 74.7 cm³/mol. The second kappa shape index (κ2) is 5.85. The van der Waals surface area contributed by atoms with Crippen LogP contribution in [0.2, 0.25) is 0 Å². The van der Waals surface area contributed by atoms with Crippen LogP contribution in [-0.4, -0.2) is 29.4 Å². The molecule has 1 N–H and O–H groups in total. The SMILES string of the molecule is CC1CCCN1C(C)C(=O)Nc1cccc(C#N)c1. The number of hydrogen-bond acceptors (Lipinski definition) is 3. The van der Waals surface area contributed by atoms with E-state index in [0.29, 0.717) is 17.3 Å². The molecule has 100 valence electrons. The molecule has 0 radical (unpaired) electrons. The molecule has 2 atom stereocenters. The lowest BCUT2D eigenvalue weighted by molar-refractivity contribution is -0.121. The number of benzene rings is 1. The molecular formula is C15H19N3O. The molecule has 0 aliphatic carbocycles. The average Bonchev–Trinajstić information content (AvgIpc) is 2.84. The van der Waals surface area contributed by atoms with Crippen LogP contribution in [0.4, 0.5) is 5.69 Å². The fraction of sp³-hybridized carbons (Fsp3) is 0.467. The van der Waals surface area contributed by atoms with Crippen LogP contribution in [0.5, 0.6) is 0 Å². The Balaban J connectivity index is 2.02. The number of carbonyl (C=O) groups is 1. The Morgan fingerprint density at radius 1 is 1.58 bits per heavy atom. The van der Waals surface area contributed by atoms with Gasteiger partial charge < -0.3 is 5.32 Å². The van der Waals surface area contributed by atoms with Crippen LogP contribution >= 0.6 is 0 Å². The third-order valence-corrected chi connectivity index (χ3v) is 3.74. The van der Waals surface area contributed by atoms with Gasteiger partial charge in [-0.15, -0.1) is 0 Å². The Labute approximate surface area is 114 Å². The first kappa shape index (κ1) is 13.6. The number of carbonyl (C=O) groups excluding carboxylic acids is 1. The molecule has 1 aromatic rings. The first-order valence-corrected chi connectivity index (χ1v) is 6.68. The van der Waals surface area contributed by atoms with Crippen molar-refractivity contribution in [1.82, 2.24) is 4.90 Å². The van der Waals surface area contributed by atoms with E-state index in [1.54, 1.807) is 24.3 Å². The zero-order valence-corrected chi connectivity index (χ0v) is 11.4. The van der Waals surface area contributed by atoms with Gasteiger partial charge in [0.1, 0.15) is 0 Å². The van der Waals surface area contributed by atoms with Crippen molar-refractivity contribution < 1.29 is 4.79 Å². The molecular weight excluding hydrogens is 238 g/mol. The molecule has 0 spiro atoms. The average molecular weight is 257 g/mol. The Bertz CT molecular complexity index is 506. The molecule has 1 amide bonds. The minimum absolute atomic E-state index is 0.0103. The molecule has 1 heterocycles. The van der Waals surface area contributed by atoms with Crippen molar-refractivity contribution in [3.05, 3.63) is 29.8 Å². The lowest BCUT2D eigenvalue weighted by atomic mass is 10.2. The molecule has 2 unspecified atom stereocenters. The fourth-order valence-electron chi connectivity index (χ4n) is 2.59. The van der Waals surface area contributed by atoms with Crippen molar-refractivity contribution in [2.45, 2.75) is 38.8 Å². The van der Waals surface area contributed by atoms with Gasteiger partial charge in [0.2, 0.25) is 5.91 Å². The van der Waals surface area contributed by atoms with E-state index < -0.39 is 0 Å². The molecule has 19 heavy (non-hydrogen) atoms. The highest BCUT2D eigenvalue weighted by Crippen LogP contribution is 2.20. The third-order valence-electron chi connectivity index (χ3n) is 3.74. The second-order valence-corrected chi connectivity index (χ2v) is 5.09. The van der Waals surface area contributed by atoms with Crippen LogP contribution < -0.4 is 5.32 Å². The van der Waals surface area contributed by atoms with Gasteiger partial charge in [0.05, 0.1) is 17.7 Å². The van der Waals surface area contributed by atoms with Gasteiger partial charge >= 0.3 is 0 Å². The molecule has 2 rings (SSSR count). The summed E-state index contributed by atoms with van der Waals surface area (Å²) in [5.74, 6) is -0.0103. The van der Waals surface area contributed by atoms with E-state index in [1.807, 2.05) is 6.92 Å². The van der Waals surface area contributed by atoms with E-state index in [0.717, 1.165) is 19.4 Å². The van der Waals surface area contributed by atoms with Gasteiger partial charge in [-0.25, -0.2) is 0 Å². The number of hydrogen-bond donors (Lipinski definition) is 1. The number of nitriles is 1. The zero-order valence-electron chi connectivity index (χ0n) is 11.4. The lowest BCUT2D eigenvalue weighted by Crippen LogP contribution is -2.43. The predicted octanol–water partition coefficient (Wildman–Crippen LogP) is 2.37. The Morgan fingerprint density at radius 3 is 3.00 bits per heavy atom. The molecule has 1 saturated heterocycles. The van der Waals surface area contributed by atoms with Gasteiger partial charge in [0, 0.05) is 11.7 Å². The standard InChI is InChI=1S/C15H19N3O/c1-11-5-4-8-18(11)12(2)15(19)17-14-7-3-6-13(9-14)10-16/h3,6-7,9,11-12H,4-5,8H2,1-2H3,(H,17,19). The number of nitrogens with zero attached hydrogens (tertiary/aromatic N) is 2. The van der Waals surface area contributed by atoms with E-state index in [-0.39, 0.29) is 11.9 Å². The number of nitrogens with one attached hydrogen (secondary N) is 1. The normalized spacial score (nSPS) is 20.8. The Morgan fingerprint density at radius 2 is 2.37 bits per heavy atom. The summed E-state index contributed by atoms with van der Waals surface area (Å²) in [5.41, 5.74) is 1.24. The Kier molecular flexibility index (Phi) is 4.18. The van der Waals surface area contributed by atoms with Gasteiger partial charge in [-0.3, -0.25) is 9.69 Å². The van der Waals surface area contributed by atoms with Crippen molar-refractivity contribution in [2.75, 3.05) is 11.9 Å². The number of rotatable bonds is 3. The summed E-state index contributed by atoms with van der Waals surface area (Å²) in [4.78, 5) is 14.4. The number of amides is 1. The summed E-state index contributed by atoms with van der Waals surface area (Å²) in [6.07, 6.45) is 2.31. The number of likely N-dealkylation sites (tertiary alicyclic amines) is 1. The van der Waals surface area contributed by atoms with Crippen molar-refractivity contribution in [2.24, 2.45) is 0 Å². The lowest BCUT2D eigenvalue weighted by Gasteiger charge is -2.27. The van der Waals surface area contributed by atoms with E-state index in [2.05, 4.69) is 23.2 Å². The molecule has 4 nitrogen and oxygen atoms in total. The van der Waals surface area contributed by atoms with Crippen molar-refractivity contribution >= 4 is 11.6 Å². The van der Waals surface area contributed by atoms with Gasteiger partial charge in [0.25, 0.3) is 0 Å². The van der Waals surface area contributed by atoms with Crippen LogP contribution in [0, 0.1) is 11.3 Å². The fourth-order valence-corrected chi connectivity index (χ4v) is 2.59. The maximum atomic E-state index is 12.2. The Hall–Kier alpha value is -1.86. The molecule has 1 fully saturated rings. The third kappa shape index (κ3) is 3.12. The van der Waals surface area contributed by atoms with Gasteiger partial charge in [-0.2, -0.15) is 5.26 Å². The highest BCUT2D eigenvalue weighted by Gasteiger charge is 2.29. The largest absolute Gasteiger partial charge is 0.325 e. The van der Waals surface area contributed by atoms with Gasteiger partial charge in [0.15, 0.2) is 0 Å². The van der Waals surface area contributed by atoms with Crippen molar-refractivity contribution in [3.63, 3.8) is 0 Å². The topological polar surface area (TPSA) is 56.1 Å². The maximum Gasteiger partial charge on any atom is 0.241 e. The summed E-state index contributed by atoms with van der Waals surface area (Å²) in [5, 5.41) is 11.7. The van der Waals surface area contributed by atoms with Crippen LogP contribution in [0.3, 0.4) is 0 Å². The minimum atomic E-state index is -0.136. The quantitative estimate of drug-likeness (QED) is 0.904. The maximum absolute atomic E-state index is 12.2.